The number of benzene rings is 2. The molecular weight excluding hydrogens is 454 g/mol. The van der Waals surface area contributed by atoms with Gasteiger partial charge in [0.15, 0.2) is 0 Å². The number of ether oxygens (including phenoxy) is 1. The van der Waals surface area contributed by atoms with Gasteiger partial charge < -0.3 is 15.0 Å². The Labute approximate surface area is 191 Å². The van der Waals surface area contributed by atoms with Crippen LogP contribution in [0.4, 0.5) is 5.82 Å². The van der Waals surface area contributed by atoms with E-state index in [1.165, 1.54) is 19.3 Å². The highest BCUT2D eigenvalue weighted by Gasteiger charge is 2.23. The first-order valence-corrected chi connectivity index (χ1v) is 11.4. The number of piperidine rings is 1. The van der Waals surface area contributed by atoms with Crippen molar-refractivity contribution in [1.29, 1.82) is 0 Å². The molecule has 2 heterocycles. The fraction of sp³-hybridized carbons (Fsp3) is 0.280. The van der Waals surface area contributed by atoms with Crippen molar-refractivity contribution in [3.63, 3.8) is 0 Å². The molecule has 6 heteroatoms. The van der Waals surface area contributed by atoms with Crippen molar-refractivity contribution >= 4 is 27.7 Å². The minimum atomic E-state index is -0.747. The number of nitrogens with zero attached hydrogens (tertiary/aromatic N) is 2. The van der Waals surface area contributed by atoms with Crippen LogP contribution in [-0.2, 0) is 11.3 Å². The Morgan fingerprint density at radius 3 is 2.55 bits per heavy atom. The van der Waals surface area contributed by atoms with Crippen molar-refractivity contribution < 1.29 is 9.53 Å². The Morgan fingerprint density at radius 1 is 1.03 bits per heavy atom. The minimum absolute atomic E-state index is 0.182. The van der Waals surface area contributed by atoms with E-state index in [4.69, 9.17) is 4.74 Å². The molecular formula is C25H26BrN3O2. The molecule has 0 spiro atoms. The molecule has 1 N–H and O–H groups in total. The van der Waals surface area contributed by atoms with Crippen LogP contribution in [-0.4, -0.2) is 24.0 Å². The highest BCUT2D eigenvalue weighted by Crippen LogP contribution is 2.29. The molecule has 4 rings (SSSR count). The SMILES string of the molecule is O=C(NCc1ccnc(N2CCCCC2)c1)C(Oc1ccccc1Br)c1ccccc1. The summed E-state index contributed by atoms with van der Waals surface area (Å²) in [5.74, 6) is 1.43. The Kier molecular flexibility index (Phi) is 7.20. The van der Waals surface area contributed by atoms with Gasteiger partial charge in [-0.1, -0.05) is 42.5 Å². The van der Waals surface area contributed by atoms with Crippen molar-refractivity contribution in [2.75, 3.05) is 18.0 Å². The molecule has 1 aliphatic heterocycles. The Balaban J connectivity index is 1.47. The predicted octanol–water partition coefficient (Wildman–Crippen LogP) is 5.27. The lowest BCUT2D eigenvalue weighted by Crippen LogP contribution is -2.32. The van der Waals surface area contributed by atoms with Gasteiger partial charge in [0.05, 0.1) is 4.47 Å². The first kappa shape index (κ1) is 21.4. The van der Waals surface area contributed by atoms with Crippen LogP contribution in [0.2, 0.25) is 0 Å². The molecule has 1 atom stereocenters. The third kappa shape index (κ3) is 5.64. The molecule has 3 aromatic rings. The summed E-state index contributed by atoms with van der Waals surface area (Å²) in [4.78, 5) is 20.0. The number of carbonyl (C=O) groups is 1. The maximum absolute atomic E-state index is 13.1. The standard InChI is InChI=1S/C25H26BrN3O2/c26-21-11-5-6-12-22(21)31-24(20-9-3-1-4-10-20)25(30)28-18-19-13-14-27-23(17-19)29-15-7-2-8-16-29/h1,3-6,9-14,17,24H,2,7-8,15-16,18H2,(H,28,30). The molecule has 31 heavy (non-hydrogen) atoms. The molecule has 0 aliphatic carbocycles. The topological polar surface area (TPSA) is 54.5 Å². The van der Waals surface area contributed by atoms with Crippen LogP contribution in [0.1, 0.15) is 36.5 Å². The zero-order chi connectivity index (χ0) is 21.5. The number of hydrogen-bond donors (Lipinski definition) is 1. The van der Waals surface area contributed by atoms with Gasteiger partial charge in [-0.2, -0.15) is 0 Å². The fourth-order valence-corrected chi connectivity index (χ4v) is 4.09. The lowest BCUT2D eigenvalue weighted by Gasteiger charge is -2.28. The highest BCUT2D eigenvalue weighted by atomic mass is 79.9. The lowest BCUT2D eigenvalue weighted by molar-refractivity contribution is -0.128. The van der Waals surface area contributed by atoms with Crippen molar-refractivity contribution in [3.05, 3.63) is 88.5 Å². The number of para-hydroxylation sites is 1. The van der Waals surface area contributed by atoms with Gasteiger partial charge in [-0.15, -0.1) is 0 Å². The largest absolute Gasteiger partial charge is 0.475 e. The quantitative estimate of drug-likeness (QED) is 0.501. The van der Waals surface area contributed by atoms with E-state index in [1.54, 1.807) is 0 Å². The van der Waals surface area contributed by atoms with Crippen LogP contribution < -0.4 is 15.0 Å². The third-order valence-corrected chi connectivity index (χ3v) is 6.03. The summed E-state index contributed by atoms with van der Waals surface area (Å²) in [5, 5.41) is 3.04. The first-order chi connectivity index (χ1) is 15.2. The molecule has 1 fully saturated rings. The minimum Gasteiger partial charge on any atom is -0.475 e. The summed E-state index contributed by atoms with van der Waals surface area (Å²) in [6.45, 7) is 2.50. The van der Waals surface area contributed by atoms with Crippen LogP contribution in [0.5, 0.6) is 5.75 Å². The molecule has 1 aliphatic rings. The number of nitrogens with one attached hydrogen (secondary N) is 1. The molecule has 1 saturated heterocycles. The zero-order valence-electron chi connectivity index (χ0n) is 17.3. The molecule has 0 bridgehead atoms. The van der Waals surface area contributed by atoms with E-state index in [-0.39, 0.29) is 5.91 Å². The number of hydrogen-bond acceptors (Lipinski definition) is 4. The predicted molar refractivity (Wildman–Crippen MR) is 126 cm³/mol. The maximum atomic E-state index is 13.1. The van der Waals surface area contributed by atoms with Crippen LogP contribution >= 0.6 is 15.9 Å². The van der Waals surface area contributed by atoms with E-state index in [9.17, 15) is 4.79 Å². The molecule has 5 nitrogen and oxygen atoms in total. The number of halogens is 1. The number of rotatable bonds is 7. The van der Waals surface area contributed by atoms with E-state index in [1.807, 2.05) is 66.9 Å². The average molecular weight is 480 g/mol. The first-order valence-electron chi connectivity index (χ1n) is 10.6. The van der Waals surface area contributed by atoms with Crippen LogP contribution in [0.25, 0.3) is 0 Å². The second-order valence-corrected chi connectivity index (χ2v) is 8.48. The highest BCUT2D eigenvalue weighted by molar-refractivity contribution is 9.10. The molecule has 0 radical (unpaired) electrons. The van der Waals surface area contributed by atoms with Crippen LogP contribution in [0, 0.1) is 0 Å². The molecule has 0 saturated carbocycles. The van der Waals surface area contributed by atoms with Gasteiger partial charge in [0.1, 0.15) is 11.6 Å². The van der Waals surface area contributed by atoms with Gasteiger partial charge >= 0.3 is 0 Å². The summed E-state index contributed by atoms with van der Waals surface area (Å²) in [6.07, 6.45) is 4.76. The Hall–Kier alpha value is -2.86. The number of amides is 1. The van der Waals surface area contributed by atoms with Gasteiger partial charge in [0.2, 0.25) is 6.10 Å². The molecule has 1 amide bonds. The number of pyridine rings is 1. The third-order valence-electron chi connectivity index (χ3n) is 5.38. The van der Waals surface area contributed by atoms with E-state index in [2.05, 4.69) is 37.2 Å². The Morgan fingerprint density at radius 2 is 1.77 bits per heavy atom. The van der Waals surface area contributed by atoms with Crippen molar-refractivity contribution in [2.24, 2.45) is 0 Å². The number of carbonyl (C=O) groups excluding carboxylic acids is 1. The maximum Gasteiger partial charge on any atom is 0.266 e. The van der Waals surface area contributed by atoms with E-state index in [0.717, 1.165) is 34.5 Å². The van der Waals surface area contributed by atoms with Gasteiger partial charge in [0, 0.05) is 31.4 Å². The summed E-state index contributed by atoms with van der Waals surface area (Å²) < 4.78 is 6.93. The zero-order valence-corrected chi connectivity index (χ0v) is 18.9. The summed E-state index contributed by atoms with van der Waals surface area (Å²) >= 11 is 3.50. The van der Waals surface area contributed by atoms with Gasteiger partial charge in [-0.3, -0.25) is 4.79 Å². The van der Waals surface area contributed by atoms with Crippen molar-refractivity contribution in [2.45, 2.75) is 31.9 Å². The molecule has 1 unspecified atom stereocenters. The van der Waals surface area contributed by atoms with Crippen molar-refractivity contribution in [3.8, 4) is 5.75 Å². The lowest BCUT2D eigenvalue weighted by atomic mass is 10.1. The van der Waals surface area contributed by atoms with Crippen LogP contribution in [0.3, 0.4) is 0 Å². The number of anilines is 1. The summed E-state index contributed by atoms with van der Waals surface area (Å²) in [7, 11) is 0. The second-order valence-electron chi connectivity index (χ2n) is 7.63. The van der Waals surface area contributed by atoms with Gasteiger partial charge in [-0.25, -0.2) is 4.98 Å². The second kappa shape index (κ2) is 10.4. The van der Waals surface area contributed by atoms with E-state index < -0.39 is 6.10 Å². The average Bonchev–Trinajstić information content (AvgIpc) is 2.83. The molecule has 2 aromatic carbocycles. The van der Waals surface area contributed by atoms with Gasteiger partial charge in [-0.05, 0) is 65.0 Å². The molecule has 1 aromatic heterocycles. The number of aromatic nitrogens is 1. The molecule has 160 valence electrons. The van der Waals surface area contributed by atoms with Crippen LogP contribution in [0.15, 0.2) is 77.4 Å². The van der Waals surface area contributed by atoms with E-state index >= 15 is 0 Å². The van der Waals surface area contributed by atoms with E-state index in [0.29, 0.717) is 12.3 Å². The monoisotopic (exact) mass is 479 g/mol. The fourth-order valence-electron chi connectivity index (χ4n) is 3.72. The summed E-state index contributed by atoms with van der Waals surface area (Å²) in [5.41, 5.74) is 1.83. The van der Waals surface area contributed by atoms with Crippen molar-refractivity contribution in [1.82, 2.24) is 10.3 Å². The smallest absolute Gasteiger partial charge is 0.266 e. The normalized spacial score (nSPS) is 14.7. The summed E-state index contributed by atoms with van der Waals surface area (Å²) in [6, 6.07) is 21.1. The van der Waals surface area contributed by atoms with Gasteiger partial charge in [0.25, 0.3) is 5.91 Å². The Bertz CT molecular complexity index is 1010.